The molecule has 1 aromatic heterocycles. The topological polar surface area (TPSA) is 61.4 Å². The van der Waals surface area contributed by atoms with Gasteiger partial charge in [-0.05, 0) is 12.8 Å². The van der Waals surface area contributed by atoms with E-state index in [2.05, 4.69) is 15.3 Å². The van der Waals surface area contributed by atoms with Crippen LogP contribution in [0.2, 0.25) is 0 Å². The number of rotatable bonds is 4. The highest BCUT2D eigenvalue weighted by Crippen LogP contribution is 2.29. The number of hydrogen-bond acceptors (Lipinski definition) is 5. The highest BCUT2D eigenvalue weighted by atomic mass is 19.4. The molecule has 1 saturated heterocycles. The van der Waals surface area contributed by atoms with E-state index in [0.29, 0.717) is 43.3 Å². The van der Waals surface area contributed by atoms with Crippen molar-refractivity contribution in [2.45, 2.75) is 38.9 Å². The Hall–Kier alpha value is -1.90. The average Bonchev–Trinajstić information content (AvgIpc) is 3.14. The molecular weight excluding hydrogens is 347 g/mol. The van der Waals surface area contributed by atoms with Crippen molar-refractivity contribution in [1.82, 2.24) is 19.8 Å². The first-order chi connectivity index (χ1) is 12.3. The summed E-state index contributed by atoms with van der Waals surface area (Å²) in [4.78, 5) is 25.2. The predicted octanol–water partition coefficient (Wildman–Crippen LogP) is 2.31. The molecule has 2 aliphatic heterocycles. The van der Waals surface area contributed by atoms with E-state index in [4.69, 9.17) is 0 Å². The number of nitrogens with one attached hydrogen (secondary N) is 1. The van der Waals surface area contributed by atoms with Crippen LogP contribution in [0.25, 0.3) is 0 Å². The predicted molar refractivity (Wildman–Crippen MR) is 90.9 cm³/mol. The highest BCUT2D eigenvalue weighted by molar-refractivity contribution is 5.94. The highest BCUT2D eigenvalue weighted by Gasteiger charge is 2.38. The second kappa shape index (κ2) is 7.38. The number of hydrogen-bond donors (Lipinski definition) is 1. The van der Waals surface area contributed by atoms with Crippen LogP contribution in [0.3, 0.4) is 0 Å². The molecule has 0 radical (unpaired) electrons. The molecule has 9 heteroatoms. The van der Waals surface area contributed by atoms with Gasteiger partial charge in [0.15, 0.2) is 0 Å². The lowest BCUT2D eigenvalue weighted by molar-refractivity contribution is -0.174. The minimum atomic E-state index is -4.22. The number of anilines is 1. The van der Waals surface area contributed by atoms with E-state index in [0.717, 1.165) is 18.5 Å². The van der Waals surface area contributed by atoms with Crippen LogP contribution >= 0.6 is 0 Å². The molecule has 144 valence electrons. The van der Waals surface area contributed by atoms with Crippen LogP contribution in [-0.2, 0) is 13.0 Å². The summed E-state index contributed by atoms with van der Waals surface area (Å²) in [5.41, 5.74) is 1.75. The monoisotopic (exact) mass is 371 g/mol. The van der Waals surface area contributed by atoms with Gasteiger partial charge in [0.05, 0.1) is 11.6 Å². The van der Waals surface area contributed by atoms with Gasteiger partial charge < -0.3 is 10.2 Å². The number of alkyl halides is 3. The van der Waals surface area contributed by atoms with Gasteiger partial charge in [-0.1, -0.05) is 6.92 Å². The Kier molecular flexibility index (Phi) is 5.36. The van der Waals surface area contributed by atoms with Gasteiger partial charge in [-0.3, -0.25) is 9.69 Å². The molecule has 1 aromatic rings. The van der Waals surface area contributed by atoms with E-state index in [9.17, 15) is 18.0 Å². The second-order valence-electron chi connectivity index (χ2n) is 7.00. The largest absolute Gasteiger partial charge is 0.392 e. The number of carbonyl (C=O) groups excluding carboxylic acids is 1. The Balaban J connectivity index is 1.86. The summed E-state index contributed by atoms with van der Waals surface area (Å²) in [7, 11) is 1.69. The molecule has 1 fully saturated rings. The molecule has 0 aromatic carbocycles. The van der Waals surface area contributed by atoms with E-state index in [1.807, 2.05) is 0 Å². The van der Waals surface area contributed by atoms with Gasteiger partial charge in [-0.2, -0.15) is 13.2 Å². The van der Waals surface area contributed by atoms with Crippen LogP contribution in [0.5, 0.6) is 0 Å². The van der Waals surface area contributed by atoms with Crippen LogP contribution < -0.4 is 5.32 Å². The van der Waals surface area contributed by atoms with E-state index in [1.165, 1.54) is 6.92 Å². The van der Waals surface area contributed by atoms with E-state index >= 15 is 0 Å². The summed E-state index contributed by atoms with van der Waals surface area (Å²) in [6.07, 6.45) is -1.78. The number of likely N-dealkylation sites (tertiary alicyclic amines) is 1. The lowest BCUT2D eigenvalue weighted by Crippen LogP contribution is -2.40. The Labute approximate surface area is 150 Å². The van der Waals surface area contributed by atoms with Gasteiger partial charge in [0.2, 0.25) is 5.95 Å². The Morgan fingerprint density at radius 1 is 1.23 bits per heavy atom. The van der Waals surface area contributed by atoms with Crippen molar-refractivity contribution in [3.63, 3.8) is 0 Å². The van der Waals surface area contributed by atoms with Crippen molar-refractivity contribution < 1.29 is 18.0 Å². The number of amides is 1. The molecule has 1 N–H and O–H groups in total. The van der Waals surface area contributed by atoms with E-state index in [1.54, 1.807) is 16.8 Å². The second-order valence-corrected chi connectivity index (χ2v) is 7.00. The van der Waals surface area contributed by atoms with Gasteiger partial charge in [-0.25, -0.2) is 9.97 Å². The fourth-order valence-electron chi connectivity index (χ4n) is 3.48. The van der Waals surface area contributed by atoms with Crippen molar-refractivity contribution in [2.75, 3.05) is 38.5 Å². The molecule has 0 spiro atoms. The van der Waals surface area contributed by atoms with Crippen LogP contribution in [0.4, 0.5) is 19.1 Å². The molecule has 6 nitrogen and oxygen atoms in total. The zero-order valence-electron chi connectivity index (χ0n) is 15.1. The third kappa shape index (κ3) is 3.92. The summed E-state index contributed by atoms with van der Waals surface area (Å²) >= 11 is 0. The molecule has 0 aliphatic carbocycles. The maximum absolute atomic E-state index is 12.9. The fourth-order valence-corrected chi connectivity index (χ4v) is 3.48. The van der Waals surface area contributed by atoms with Crippen molar-refractivity contribution in [2.24, 2.45) is 5.92 Å². The normalized spacial score (nSPS) is 19.3. The molecule has 26 heavy (non-hydrogen) atoms. The minimum Gasteiger partial charge on any atom is -0.357 e. The SMILES string of the molecule is CNc1nc2c(c(C(=O)N3CCCC3)n1)CN(C[C@H](C)C(F)(F)F)CC2. The molecule has 0 saturated carbocycles. The van der Waals surface area contributed by atoms with Crippen molar-refractivity contribution in [3.05, 3.63) is 17.0 Å². The average molecular weight is 371 g/mol. The summed E-state index contributed by atoms with van der Waals surface area (Å²) in [6, 6.07) is 0. The number of halogens is 3. The number of fused-ring (bicyclic) bond motifs is 1. The van der Waals surface area contributed by atoms with Crippen LogP contribution in [0.15, 0.2) is 0 Å². The molecule has 2 aliphatic rings. The first-order valence-electron chi connectivity index (χ1n) is 8.95. The first-order valence-corrected chi connectivity index (χ1v) is 8.95. The standard InChI is InChI=1S/C17H24F3N5O/c1-11(17(18,19)20)9-24-8-5-13-12(10-24)14(23-16(21-2)22-13)15(26)25-6-3-4-7-25/h11H,3-10H2,1-2H3,(H,21,22,23)/t11-/m0/s1. The van der Waals surface area contributed by atoms with Gasteiger partial charge in [0.25, 0.3) is 5.91 Å². The zero-order valence-corrected chi connectivity index (χ0v) is 15.1. The molecule has 0 unspecified atom stereocenters. The summed E-state index contributed by atoms with van der Waals surface area (Å²) in [5.74, 6) is -1.19. The molecule has 0 bridgehead atoms. The summed E-state index contributed by atoms with van der Waals surface area (Å²) in [5, 5.41) is 2.87. The molecule has 3 rings (SSSR count). The first kappa shape index (κ1) is 18.9. The fraction of sp³-hybridized carbons (Fsp3) is 0.706. The zero-order chi connectivity index (χ0) is 18.9. The van der Waals surface area contributed by atoms with Gasteiger partial charge in [-0.15, -0.1) is 0 Å². The Morgan fingerprint density at radius 2 is 1.92 bits per heavy atom. The minimum absolute atomic E-state index is 0.0892. The molecule has 1 amide bonds. The molecule has 3 heterocycles. The number of nitrogens with zero attached hydrogens (tertiary/aromatic N) is 4. The molecule has 1 atom stereocenters. The smallest absolute Gasteiger partial charge is 0.357 e. The third-order valence-electron chi connectivity index (χ3n) is 5.05. The quantitative estimate of drug-likeness (QED) is 0.880. The van der Waals surface area contributed by atoms with Gasteiger partial charge >= 0.3 is 6.18 Å². The summed E-state index contributed by atoms with van der Waals surface area (Å²) in [6.45, 7) is 3.25. The number of aromatic nitrogens is 2. The van der Waals surface area contributed by atoms with Crippen LogP contribution in [-0.4, -0.2) is 65.1 Å². The van der Waals surface area contributed by atoms with Gasteiger partial charge in [0.1, 0.15) is 5.69 Å². The lowest BCUT2D eigenvalue weighted by Gasteiger charge is -2.32. The van der Waals surface area contributed by atoms with Gasteiger partial charge in [0, 0.05) is 51.8 Å². The third-order valence-corrected chi connectivity index (χ3v) is 5.05. The Bertz CT molecular complexity index is 673. The van der Waals surface area contributed by atoms with Crippen LogP contribution in [0.1, 0.15) is 41.5 Å². The van der Waals surface area contributed by atoms with Crippen molar-refractivity contribution in [3.8, 4) is 0 Å². The number of carbonyl (C=O) groups is 1. The maximum Gasteiger partial charge on any atom is 0.392 e. The van der Waals surface area contributed by atoms with Crippen molar-refractivity contribution in [1.29, 1.82) is 0 Å². The van der Waals surface area contributed by atoms with Crippen molar-refractivity contribution >= 4 is 11.9 Å². The molecular formula is C17H24F3N5O. The summed E-state index contributed by atoms with van der Waals surface area (Å²) < 4.78 is 38.7. The van der Waals surface area contributed by atoms with E-state index in [-0.39, 0.29) is 19.0 Å². The Morgan fingerprint density at radius 3 is 2.54 bits per heavy atom. The van der Waals surface area contributed by atoms with E-state index < -0.39 is 12.1 Å². The maximum atomic E-state index is 12.9. The van der Waals surface area contributed by atoms with Crippen LogP contribution in [0, 0.1) is 5.92 Å². The lowest BCUT2D eigenvalue weighted by atomic mass is 10.0.